The molecule has 0 saturated carbocycles. The molecule has 0 spiro atoms. The second-order valence-corrected chi connectivity index (χ2v) is 6.72. The van der Waals surface area contributed by atoms with Crippen LogP contribution in [0.15, 0.2) is 36.4 Å². The molecular formula is C19H24N2O2. The quantitative estimate of drug-likeness (QED) is 0.895. The molecule has 0 aliphatic carbocycles. The molecule has 2 N–H and O–H groups in total. The van der Waals surface area contributed by atoms with E-state index in [9.17, 15) is 9.90 Å². The predicted molar refractivity (Wildman–Crippen MR) is 93.7 cm³/mol. The number of nitrogens with one attached hydrogen (secondary N) is 1. The number of aliphatic hydroxyl groups is 1. The Morgan fingerprint density at radius 1 is 1.26 bits per heavy atom. The molecule has 1 aliphatic heterocycles. The van der Waals surface area contributed by atoms with Gasteiger partial charge in [0.1, 0.15) is 6.04 Å². The molecule has 122 valence electrons. The van der Waals surface area contributed by atoms with E-state index in [1.54, 1.807) is 0 Å². The maximum Gasteiger partial charge on any atom is 0.243 e. The maximum atomic E-state index is 12.6. The molecule has 0 unspecified atom stereocenters. The molecule has 0 fully saturated rings. The van der Waals surface area contributed by atoms with Crippen LogP contribution in [0, 0.1) is 5.92 Å². The molecule has 2 aromatic rings. The molecule has 2 aromatic carbocycles. The summed E-state index contributed by atoms with van der Waals surface area (Å²) in [4.78, 5) is 14.7. The van der Waals surface area contributed by atoms with Gasteiger partial charge >= 0.3 is 0 Å². The number of likely N-dealkylation sites (N-methyl/N-ethyl adjacent to an activating group) is 1. The smallest absolute Gasteiger partial charge is 0.243 e. The van der Waals surface area contributed by atoms with Gasteiger partial charge in [0.15, 0.2) is 0 Å². The zero-order valence-corrected chi connectivity index (χ0v) is 13.9. The first-order chi connectivity index (χ1) is 11.0. The number of rotatable bonds is 2. The molecule has 0 saturated heterocycles. The minimum atomic E-state index is -0.246. The van der Waals surface area contributed by atoms with Crippen LogP contribution in [-0.4, -0.2) is 36.8 Å². The Morgan fingerprint density at radius 3 is 2.52 bits per heavy atom. The molecule has 0 radical (unpaired) electrons. The zero-order chi connectivity index (χ0) is 16.6. The molecular weight excluding hydrogens is 288 g/mol. The van der Waals surface area contributed by atoms with Gasteiger partial charge < -0.3 is 15.3 Å². The number of carbonyl (C=O) groups is 1. The molecule has 4 heteroatoms. The normalized spacial score (nSPS) is 21.8. The first kappa shape index (κ1) is 15.8. The minimum Gasteiger partial charge on any atom is -0.394 e. The fourth-order valence-corrected chi connectivity index (χ4v) is 3.56. The average molecular weight is 312 g/mol. The van der Waals surface area contributed by atoms with E-state index in [0.717, 1.165) is 11.3 Å². The number of amides is 1. The second kappa shape index (κ2) is 6.20. The van der Waals surface area contributed by atoms with Gasteiger partial charge in [-0.1, -0.05) is 38.1 Å². The Hall–Kier alpha value is -2.07. The molecule has 1 amide bonds. The number of anilines is 1. The minimum absolute atomic E-state index is 0.0136. The molecule has 1 heterocycles. The lowest BCUT2D eigenvalue weighted by Crippen LogP contribution is -2.54. The third-order valence-electron chi connectivity index (χ3n) is 4.68. The largest absolute Gasteiger partial charge is 0.394 e. The van der Waals surface area contributed by atoms with E-state index < -0.39 is 0 Å². The van der Waals surface area contributed by atoms with Crippen LogP contribution in [0.5, 0.6) is 0 Å². The van der Waals surface area contributed by atoms with Crippen molar-refractivity contribution in [3.8, 4) is 0 Å². The topological polar surface area (TPSA) is 52.6 Å². The molecule has 23 heavy (non-hydrogen) atoms. The number of hydrogen-bond donors (Lipinski definition) is 2. The lowest BCUT2D eigenvalue weighted by molar-refractivity contribution is -0.124. The van der Waals surface area contributed by atoms with Gasteiger partial charge in [0.05, 0.1) is 12.6 Å². The van der Waals surface area contributed by atoms with Crippen molar-refractivity contribution in [3.05, 3.63) is 42.0 Å². The first-order valence-electron chi connectivity index (χ1n) is 8.17. The fourth-order valence-electron chi connectivity index (χ4n) is 3.56. The summed E-state index contributed by atoms with van der Waals surface area (Å²) in [5.74, 6) is 0.164. The summed E-state index contributed by atoms with van der Waals surface area (Å²) in [7, 11) is 1.98. The molecule has 4 nitrogen and oxygen atoms in total. The highest BCUT2D eigenvalue weighted by Crippen LogP contribution is 2.31. The van der Waals surface area contributed by atoms with Gasteiger partial charge in [-0.3, -0.25) is 4.79 Å². The fraction of sp³-hybridized carbons (Fsp3) is 0.421. The monoisotopic (exact) mass is 312 g/mol. The number of nitrogens with zero attached hydrogens (tertiary/aromatic N) is 1. The van der Waals surface area contributed by atoms with Crippen LogP contribution in [0.4, 0.5) is 5.69 Å². The van der Waals surface area contributed by atoms with Crippen LogP contribution < -0.4 is 10.2 Å². The van der Waals surface area contributed by atoms with E-state index in [1.165, 1.54) is 10.8 Å². The summed E-state index contributed by atoms with van der Waals surface area (Å²) in [6, 6.07) is 12.1. The Balaban J connectivity index is 2.17. The summed E-state index contributed by atoms with van der Waals surface area (Å²) in [6.45, 7) is 4.06. The molecule has 0 bridgehead atoms. The van der Waals surface area contributed by atoms with Crippen LogP contribution in [0.25, 0.3) is 10.8 Å². The number of fused-ring (bicyclic) bond motifs is 2. The van der Waals surface area contributed by atoms with Crippen LogP contribution in [-0.2, 0) is 11.2 Å². The van der Waals surface area contributed by atoms with E-state index in [2.05, 4.69) is 48.3 Å². The van der Waals surface area contributed by atoms with Crippen molar-refractivity contribution < 1.29 is 9.90 Å². The van der Waals surface area contributed by atoms with Gasteiger partial charge in [0.2, 0.25) is 5.91 Å². The van der Waals surface area contributed by atoms with Crippen molar-refractivity contribution in [1.82, 2.24) is 5.32 Å². The SMILES string of the molecule is CC(C)[C@H]1C(=O)N[C@H](CO)Cc2cc3ccccc3cc2N1C. The molecule has 3 rings (SSSR count). The Morgan fingerprint density at radius 2 is 1.91 bits per heavy atom. The molecule has 1 aliphatic rings. The van der Waals surface area contributed by atoms with Crippen molar-refractivity contribution in [1.29, 1.82) is 0 Å². The predicted octanol–water partition coefficient (Wildman–Crippen LogP) is 2.33. The lowest BCUT2D eigenvalue weighted by Gasteiger charge is -2.37. The average Bonchev–Trinajstić information content (AvgIpc) is 2.52. The highest BCUT2D eigenvalue weighted by atomic mass is 16.3. The van der Waals surface area contributed by atoms with Crippen molar-refractivity contribution in [2.45, 2.75) is 32.4 Å². The van der Waals surface area contributed by atoms with Gasteiger partial charge in [-0.25, -0.2) is 0 Å². The highest BCUT2D eigenvalue weighted by molar-refractivity contribution is 5.91. The Labute approximate surface area is 137 Å². The van der Waals surface area contributed by atoms with E-state index in [4.69, 9.17) is 0 Å². The zero-order valence-electron chi connectivity index (χ0n) is 13.9. The third-order valence-corrected chi connectivity index (χ3v) is 4.68. The van der Waals surface area contributed by atoms with Gasteiger partial charge in [-0.15, -0.1) is 0 Å². The van der Waals surface area contributed by atoms with Gasteiger partial charge in [-0.2, -0.15) is 0 Å². The Kier molecular flexibility index (Phi) is 4.26. The van der Waals surface area contributed by atoms with Crippen molar-refractivity contribution in [2.75, 3.05) is 18.6 Å². The lowest BCUT2D eigenvalue weighted by atomic mass is 9.93. The summed E-state index contributed by atoms with van der Waals surface area (Å²) in [6.07, 6.45) is 0.636. The third kappa shape index (κ3) is 2.91. The Bertz CT molecular complexity index is 726. The highest BCUT2D eigenvalue weighted by Gasteiger charge is 2.32. The van der Waals surface area contributed by atoms with Crippen molar-refractivity contribution in [2.24, 2.45) is 5.92 Å². The second-order valence-electron chi connectivity index (χ2n) is 6.72. The van der Waals surface area contributed by atoms with Crippen LogP contribution in [0.3, 0.4) is 0 Å². The van der Waals surface area contributed by atoms with E-state index >= 15 is 0 Å². The van der Waals surface area contributed by atoms with Crippen LogP contribution >= 0.6 is 0 Å². The van der Waals surface area contributed by atoms with Gasteiger partial charge in [0, 0.05) is 12.7 Å². The first-order valence-corrected chi connectivity index (χ1v) is 8.17. The van der Waals surface area contributed by atoms with Crippen molar-refractivity contribution in [3.63, 3.8) is 0 Å². The summed E-state index contributed by atoms with van der Waals surface area (Å²) >= 11 is 0. The summed E-state index contributed by atoms with van der Waals surface area (Å²) < 4.78 is 0. The van der Waals surface area contributed by atoms with E-state index in [-0.39, 0.29) is 30.5 Å². The number of carbonyl (C=O) groups excluding carboxylic acids is 1. The van der Waals surface area contributed by atoms with Crippen molar-refractivity contribution >= 4 is 22.4 Å². The maximum absolute atomic E-state index is 12.6. The van der Waals surface area contributed by atoms with E-state index in [1.807, 2.05) is 19.2 Å². The summed E-state index contributed by atoms with van der Waals surface area (Å²) in [5, 5.41) is 15.0. The number of aliphatic hydroxyl groups excluding tert-OH is 1. The molecule has 0 aromatic heterocycles. The summed E-state index contributed by atoms with van der Waals surface area (Å²) in [5.41, 5.74) is 2.24. The van der Waals surface area contributed by atoms with Gasteiger partial charge in [-0.05, 0) is 40.8 Å². The van der Waals surface area contributed by atoms with Gasteiger partial charge in [0.25, 0.3) is 0 Å². The number of hydrogen-bond acceptors (Lipinski definition) is 3. The number of benzene rings is 2. The van der Waals surface area contributed by atoms with Crippen LogP contribution in [0.2, 0.25) is 0 Å². The van der Waals surface area contributed by atoms with Crippen LogP contribution in [0.1, 0.15) is 19.4 Å². The molecule has 2 atom stereocenters. The van der Waals surface area contributed by atoms with E-state index in [0.29, 0.717) is 6.42 Å². The standard InChI is InChI=1S/C19H24N2O2/c1-12(2)18-19(23)20-16(11-22)9-15-8-13-6-4-5-7-14(13)10-17(15)21(18)3/h4-8,10,12,16,18,22H,9,11H2,1-3H3,(H,20,23)/t16-,18-/m0/s1.